The Bertz CT molecular complexity index is 365. The van der Waals surface area contributed by atoms with Gasteiger partial charge in [-0.15, -0.1) is 0 Å². The lowest BCUT2D eigenvalue weighted by molar-refractivity contribution is 0.100. The zero-order chi connectivity index (χ0) is 12.1. The molecule has 0 bridgehead atoms. The van der Waals surface area contributed by atoms with Crippen molar-refractivity contribution < 1.29 is 4.79 Å². The van der Waals surface area contributed by atoms with E-state index in [4.69, 9.17) is 11.5 Å². The Labute approximate surface area is 95.2 Å². The SMILES string of the molecule is CC(C)C(CN)Nc1ncccc1C(N)=O. The first-order valence-corrected chi connectivity index (χ1v) is 5.27. The molecule has 1 aromatic heterocycles. The van der Waals surface area contributed by atoms with Crippen LogP contribution in [-0.4, -0.2) is 23.5 Å². The third kappa shape index (κ3) is 2.93. The Morgan fingerprint density at radius 1 is 1.56 bits per heavy atom. The van der Waals surface area contributed by atoms with E-state index in [0.717, 1.165) is 0 Å². The molecule has 0 fully saturated rings. The first-order chi connectivity index (χ1) is 7.56. The molecular formula is C11H18N4O. The highest BCUT2D eigenvalue weighted by molar-refractivity contribution is 5.97. The van der Waals surface area contributed by atoms with Crippen LogP contribution in [0.15, 0.2) is 18.3 Å². The minimum Gasteiger partial charge on any atom is -0.365 e. The number of rotatable bonds is 5. The van der Waals surface area contributed by atoms with Gasteiger partial charge in [-0.25, -0.2) is 4.98 Å². The Kier molecular flexibility index (Phi) is 4.25. The zero-order valence-corrected chi connectivity index (χ0v) is 9.60. The van der Waals surface area contributed by atoms with Gasteiger partial charge in [0.1, 0.15) is 5.82 Å². The summed E-state index contributed by atoms with van der Waals surface area (Å²) >= 11 is 0. The molecule has 1 atom stereocenters. The average Bonchev–Trinajstić information content (AvgIpc) is 2.25. The van der Waals surface area contributed by atoms with Gasteiger partial charge >= 0.3 is 0 Å². The van der Waals surface area contributed by atoms with Crippen LogP contribution in [0.3, 0.4) is 0 Å². The number of primary amides is 1. The molecule has 0 spiro atoms. The second-order valence-corrected chi connectivity index (χ2v) is 3.99. The van der Waals surface area contributed by atoms with Gasteiger partial charge in [0.15, 0.2) is 0 Å². The summed E-state index contributed by atoms with van der Waals surface area (Å²) in [4.78, 5) is 15.3. The highest BCUT2D eigenvalue weighted by Gasteiger charge is 2.15. The smallest absolute Gasteiger partial charge is 0.252 e. The lowest BCUT2D eigenvalue weighted by atomic mass is 10.0. The molecule has 5 N–H and O–H groups in total. The maximum atomic E-state index is 11.2. The summed E-state index contributed by atoms with van der Waals surface area (Å²) < 4.78 is 0. The summed E-state index contributed by atoms with van der Waals surface area (Å²) in [6.07, 6.45) is 1.61. The van der Waals surface area contributed by atoms with Crippen LogP contribution in [0.1, 0.15) is 24.2 Å². The minimum absolute atomic E-state index is 0.0769. The predicted octanol–water partition coefficient (Wildman–Crippen LogP) is 0.576. The van der Waals surface area contributed by atoms with E-state index in [1.54, 1.807) is 18.3 Å². The molecule has 5 heteroatoms. The first kappa shape index (κ1) is 12.4. The largest absolute Gasteiger partial charge is 0.365 e. The van der Waals surface area contributed by atoms with Gasteiger partial charge in [-0.3, -0.25) is 4.79 Å². The van der Waals surface area contributed by atoms with Crippen molar-refractivity contribution in [1.29, 1.82) is 0 Å². The van der Waals surface area contributed by atoms with Gasteiger partial charge in [0.2, 0.25) is 0 Å². The molecule has 0 saturated heterocycles. The maximum absolute atomic E-state index is 11.2. The van der Waals surface area contributed by atoms with E-state index in [2.05, 4.69) is 24.1 Å². The summed E-state index contributed by atoms with van der Waals surface area (Å²) in [5.41, 5.74) is 11.3. The van der Waals surface area contributed by atoms with Gasteiger partial charge in [-0.1, -0.05) is 13.8 Å². The number of anilines is 1. The number of nitrogens with one attached hydrogen (secondary N) is 1. The molecule has 0 aromatic carbocycles. The third-order valence-corrected chi connectivity index (χ3v) is 2.45. The van der Waals surface area contributed by atoms with Gasteiger partial charge in [0, 0.05) is 18.8 Å². The van der Waals surface area contributed by atoms with E-state index in [1.165, 1.54) is 0 Å². The monoisotopic (exact) mass is 222 g/mol. The second kappa shape index (κ2) is 5.46. The lowest BCUT2D eigenvalue weighted by Crippen LogP contribution is -2.34. The molecule has 1 unspecified atom stereocenters. The van der Waals surface area contributed by atoms with Crippen LogP contribution in [-0.2, 0) is 0 Å². The molecule has 1 rings (SSSR count). The van der Waals surface area contributed by atoms with E-state index in [0.29, 0.717) is 23.8 Å². The third-order valence-electron chi connectivity index (χ3n) is 2.45. The maximum Gasteiger partial charge on any atom is 0.252 e. The van der Waals surface area contributed by atoms with Crippen molar-refractivity contribution in [3.63, 3.8) is 0 Å². The van der Waals surface area contributed by atoms with Gasteiger partial charge in [-0.2, -0.15) is 0 Å². The number of hydrogen-bond acceptors (Lipinski definition) is 4. The fraction of sp³-hybridized carbons (Fsp3) is 0.455. The minimum atomic E-state index is -0.491. The number of amides is 1. The van der Waals surface area contributed by atoms with Gasteiger partial charge in [0.25, 0.3) is 5.91 Å². The zero-order valence-electron chi connectivity index (χ0n) is 9.60. The van der Waals surface area contributed by atoms with Crippen LogP contribution in [0.2, 0.25) is 0 Å². The first-order valence-electron chi connectivity index (χ1n) is 5.27. The van der Waals surface area contributed by atoms with Crippen molar-refractivity contribution in [2.45, 2.75) is 19.9 Å². The number of nitrogens with zero attached hydrogens (tertiary/aromatic N) is 1. The van der Waals surface area contributed by atoms with E-state index in [9.17, 15) is 4.79 Å². The van der Waals surface area contributed by atoms with Gasteiger partial charge < -0.3 is 16.8 Å². The molecule has 1 aromatic rings. The molecule has 5 nitrogen and oxygen atoms in total. The molecule has 16 heavy (non-hydrogen) atoms. The van der Waals surface area contributed by atoms with E-state index in [-0.39, 0.29) is 6.04 Å². The summed E-state index contributed by atoms with van der Waals surface area (Å²) in [7, 11) is 0. The van der Waals surface area contributed by atoms with Crippen molar-refractivity contribution >= 4 is 11.7 Å². The number of aromatic nitrogens is 1. The van der Waals surface area contributed by atoms with Crippen molar-refractivity contribution in [3.8, 4) is 0 Å². The van der Waals surface area contributed by atoms with Crippen LogP contribution < -0.4 is 16.8 Å². The Morgan fingerprint density at radius 2 is 2.25 bits per heavy atom. The van der Waals surface area contributed by atoms with Crippen LogP contribution in [0.5, 0.6) is 0 Å². The summed E-state index contributed by atoms with van der Waals surface area (Å²) in [5, 5.41) is 3.14. The van der Waals surface area contributed by atoms with Crippen molar-refractivity contribution in [2.75, 3.05) is 11.9 Å². The van der Waals surface area contributed by atoms with E-state index < -0.39 is 5.91 Å². The molecule has 0 aliphatic carbocycles. The number of pyridine rings is 1. The van der Waals surface area contributed by atoms with Crippen molar-refractivity contribution in [1.82, 2.24) is 4.98 Å². The molecule has 0 radical (unpaired) electrons. The Balaban J connectivity index is 2.91. The highest BCUT2D eigenvalue weighted by Crippen LogP contribution is 2.14. The molecular weight excluding hydrogens is 204 g/mol. The normalized spacial score (nSPS) is 12.5. The highest BCUT2D eigenvalue weighted by atomic mass is 16.1. The fourth-order valence-electron chi connectivity index (χ4n) is 1.39. The number of hydrogen-bond donors (Lipinski definition) is 3. The van der Waals surface area contributed by atoms with Crippen LogP contribution >= 0.6 is 0 Å². The Hall–Kier alpha value is -1.62. The molecule has 1 amide bonds. The molecule has 0 aliphatic heterocycles. The van der Waals surface area contributed by atoms with Crippen LogP contribution in [0.4, 0.5) is 5.82 Å². The van der Waals surface area contributed by atoms with Gasteiger partial charge in [0.05, 0.1) is 5.56 Å². The molecule has 88 valence electrons. The van der Waals surface area contributed by atoms with Crippen molar-refractivity contribution in [2.24, 2.45) is 17.4 Å². The van der Waals surface area contributed by atoms with Crippen molar-refractivity contribution in [3.05, 3.63) is 23.9 Å². The van der Waals surface area contributed by atoms with Crippen LogP contribution in [0, 0.1) is 5.92 Å². The summed E-state index contributed by atoms with van der Waals surface area (Å²) in [6, 6.07) is 3.40. The number of carbonyl (C=O) groups is 1. The number of nitrogens with two attached hydrogens (primary N) is 2. The topological polar surface area (TPSA) is 94.0 Å². The summed E-state index contributed by atoms with van der Waals surface area (Å²) in [6.45, 7) is 4.58. The van der Waals surface area contributed by atoms with E-state index >= 15 is 0 Å². The molecule has 0 saturated carbocycles. The lowest BCUT2D eigenvalue weighted by Gasteiger charge is -2.21. The molecule has 1 heterocycles. The van der Waals surface area contributed by atoms with Crippen LogP contribution in [0.25, 0.3) is 0 Å². The quantitative estimate of drug-likeness (QED) is 0.679. The second-order valence-electron chi connectivity index (χ2n) is 3.99. The molecule has 0 aliphatic rings. The fourth-order valence-corrected chi connectivity index (χ4v) is 1.39. The van der Waals surface area contributed by atoms with Gasteiger partial charge in [-0.05, 0) is 18.1 Å². The van der Waals surface area contributed by atoms with E-state index in [1.807, 2.05) is 0 Å². The Morgan fingerprint density at radius 3 is 2.75 bits per heavy atom. The average molecular weight is 222 g/mol. The summed E-state index contributed by atoms with van der Waals surface area (Å²) in [5.74, 6) is 0.363. The number of carbonyl (C=O) groups excluding carboxylic acids is 1. The predicted molar refractivity (Wildman–Crippen MR) is 64.1 cm³/mol. The standard InChI is InChI=1S/C11H18N4O/c1-7(2)9(6-12)15-11-8(10(13)16)4-3-5-14-11/h3-5,7,9H,6,12H2,1-2H3,(H2,13,16)(H,14,15).